The summed E-state index contributed by atoms with van der Waals surface area (Å²) in [5, 5.41) is 0. The summed E-state index contributed by atoms with van der Waals surface area (Å²) < 4.78 is 0. The molecule has 0 saturated carbocycles. The minimum atomic E-state index is 0. The van der Waals surface area contributed by atoms with Crippen molar-refractivity contribution in [3.8, 4) is 0 Å². The Labute approximate surface area is 289 Å². The van der Waals surface area contributed by atoms with Gasteiger partial charge < -0.3 is 22.2 Å². The lowest BCUT2D eigenvalue weighted by atomic mass is 10.0. The van der Waals surface area contributed by atoms with Gasteiger partial charge in [-0.2, -0.15) is 0 Å². The number of benzene rings is 4. The predicted molar refractivity (Wildman–Crippen MR) is 197 cm³/mol. The van der Waals surface area contributed by atoms with E-state index in [1.165, 1.54) is 106 Å². The summed E-state index contributed by atoms with van der Waals surface area (Å²) in [6.07, 6.45) is 4.68. The molecule has 0 amide bonds. The summed E-state index contributed by atoms with van der Waals surface area (Å²) in [5.41, 5.74) is 20.9. The highest BCUT2D eigenvalue weighted by atomic mass is 35.5. The molecule has 0 spiro atoms. The molecule has 2 aliphatic heterocycles. The summed E-state index contributed by atoms with van der Waals surface area (Å²) in [6.45, 7) is 28.8. The van der Waals surface area contributed by atoms with Crippen molar-refractivity contribution in [1.82, 2.24) is 0 Å². The van der Waals surface area contributed by atoms with Crippen LogP contribution in [0.15, 0.2) is 72.6 Å². The number of nitrogens with one attached hydrogen (secondary N) is 1. The Morgan fingerprint density at radius 2 is 0.766 bits per heavy atom. The van der Waals surface area contributed by atoms with Gasteiger partial charge in [-0.05, 0) is 116 Å². The fourth-order valence-corrected chi connectivity index (χ4v) is 8.65. The smallest absolute Gasteiger partial charge is 0.263 e. The molecule has 5 heteroatoms. The third-order valence-electron chi connectivity index (χ3n) is 9.79. The molecule has 0 bridgehead atoms. The van der Waals surface area contributed by atoms with Gasteiger partial charge in [-0.3, -0.25) is 4.90 Å². The van der Waals surface area contributed by atoms with Gasteiger partial charge in [-0.1, -0.05) is 70.8 Å². The number of nitrogens with zero attached hydrogens (tertiary/aromatic N) is 3. The summed E-state index contributed by atoms with van der Waals surface area (Å²) >= 11 is 0. The molecular formula is C42H51ClN4. The highest BCUT2D eigenvalue weighted by Crippen LogP contribution is 2.42. The largest absolute Gasteiger partial charge is 1.00 e. The van der Waals surface area contributed by atoms with Crippen LogP contribution < -0.4 is 32.0 Å². The third-order valence-corrected chi connectivity index (χ3v) is 9.79. The summed E-state index contributed by atoms with van der Waals surface area (Å²) in [5.74, 6) is 2.50. The lowest BCUT2D eigenvalue weighted by molar-refractivity contribution is -0.726. The van der Waals surface area contributed by atoms with Gasteiger partial charge in [-0.25, -0.2) is 4.90 Å². The Morgan fingerprint density at radius 3 is 1.13 bits per heavy atom. The van der Waals surface area contributed by atoms with Gasteiger partial charge in [-0.15, -0.1) is 0 Å². The van der Waals surface area contributed by atoms with E-state index < -0.39 is 0 Å². The van der Waals surface area contributed by atoms with Crippen molar-refractivity contribution in [2.75, 3.05) is 27.8 Å². The van der Waals surface area contributed by atoms with Crippen molar-refractivity contribution in [1.29, 1.82) is 0 Å². The van der Waals surface area contributed by atoms with Crippen molar-refractivity contribution >= 4 is 22.7 Å². The van der Waals surface area contributed by atoms with Crippen LogP contribution in [-0.2, 0) is 0 Å². The molecule has 246 valence electrons. The third kappa shape index (κ3) is 5.98. The molecule has 4 aromatic carbocycles. The number of hydrogen-bond donors (Lipinski definition) is 1. The first kappa shape index (κ1) is 34.3. The Kier molecular flexibility index (Phi) is 9.43. The maximum atomic E-state index is 2.62. The van der Waals surface area contributed by atoms with E-state index in [0.717, 1.165) is 13.1 Å². The molecule has 0 aromatic heterocycles. The Hall–Kier alpha value is -3.99. The normalized spacial score (nSPS) is 16.1. The topological polar surface area (TPSA) is 14.2 Å². The van der Waals surface area contributed by atoms with Crippen LogP contribution in [0.4, 0.5) is 22.7 Å². The van der Waals surface area contributed by atoms with Gasteiger partial charge in [0.1, 0.15) is 11.9 Å². The zero-order chi connectivity index (χ0) is 33.2. The molecule has 2 heterocycles. The minimum Gasteiger partial charge on any atom is -1.00 e. The molecule has 4 nitrogen and oxygen atoms in total. The first-order valence-electron chi connectivity index (χ1n) is 16.7. The van der Waals surface area contributed by atoms with Crippen LogP contribution in [0.25, 0.3) is 0 Å². The van der Waals surface area contributed by atoms with Crippen LogP contribution in [0.2, 0.25) is 0 Å². The number of rotatable bonds is 4. The van der Waals surface area contributed by atoms with Crippen molar-refractivity contribution in [3.05, 3.63) is 139 Å². The van der Waals surface area contributed by atoms with Crippen molar-refractivity contribution in [2.45, 2.75) is 83.1 Å². The van der Waals surface area contributed by atoms with Crippen LogP contribution in [0.3, 0.4) is 0 Å². The molecule has 1 fully saturated rings. The summed E-state index contributed by atoms with van der Waals surface area (Å²) in [6, 6.07) is 18.7. The van der Waals surface area contributed by atoms with Gasteiger partial charge >= 0.3 is 0 Å². The van der Waals surface area contributed by atoms with Crippen molar-refractivity contribution < 1.29 is 17.3 Å². The fraction of sp³-hybridized carbons (Fsp3) is 0.333. The molecule has 1 atom stereocenters. The van der Waals surface area contributed by atoms with E-state index >= 15 is 0 Å². The lowest BCUT2D eigenvalue weighted by Crippen LogP contribution is -3.01. The molecule has 6 rings (SSSR count). The summed E-state index contributed by atoms with van der Waals surface area (Å²) in [7, 11) is 0. The van der Waals surface area contributed by atoms with Gasteiger partial charge in [0, 0.05) is 35.6 Å². The van der Waals surface area contributed by atoms with Crippen LogP contribution >= 0.6 is 0 Å². The highest BCUT2D eigenvalue weighted by Gasteiger charge is 2.43. The van der Waals surface area contributed by atoms with E-state index in [4.69, 9.17) is 0 Å². The highest BCUT2D eigenvalue weighted by molar-refractivity contribution is 5.76. The zero-order valence-electron chi connectivity index (χ0n) is 30.4. The summed E-state index contributed by atoms with van der Waals surface area (Å²) in [4.78, 5) is 9.02. The van der Waals surface area contributed by atoms with Crippen LogP contribution in [-0.4, -0.2) is 13.1 Å². The second-order valence-corrected chi connectivity index (χ2v) is 14.1. The number of halogens is 1. The molecule has 0 aliphatic carbocycles. The standard InChI is InChI=1S/C42H50N4.ClH/c1-25-17-29(5)37(30(6)18-25)43-13-14-44(38-31(7)19-26(2)20-32(38)8)41(43)42-45(39-33(9)21-27(3)22-34(39)10)15-16-46(42)40-35(11)23-28(4)24-36(40)12;/h13-14,17-24H,15-16H2,1-12H3;1H. The molecular weight excluding hydrogens is 596 g/mol. The van der Waals surface area contributed by atoms with E-state index in [2.05, 4.69) is 159 Å². The SMILES string of the molecule is Cc1cc(C)c(N2C=C[NH+](c3c(C)cc(C)cc3C)C2=C2N(c3c(C)cc(C)cc3C)CCN2c2c(C)cc(C)cc2C)c(C)c1.[Cl-]. The number of anilines is 3. The van der Waals surface area contributed by atoms with E-state index in [1.54, 1.807) is 0 Å². The van der Waals surface area contributed by atoms with Gasteiger partial charge in [0.05, 0.1) is 11.9 Å². The predicted octanol–water partition coefficient (Wildman–Crippen LogP) is 6.05. The minimum absolute atomic E-state index is 0. The van der Waals surface area contributed by atoms with E-state index in [-0.39, 0.29) is 12.4 Å². The quantitative estimate of drug-likeness (QED) is 0.290. The Balaban J connectivity index is 0.00000433. The van der Waals surface area contributed by atoms with Crippen LogP contribution in [0, 0.1) is 83.1 Å². The Bertz CT molecular complexity index is 1720. The average molecular weight is 647 g/mol. The molecule has 1 N–H and O–H groups in total. The van der Waals surface area contributed by atoms with E-state index in [0.29, 0.717) is 0 Å². The lowest BCUT2D eigenvalue weighted by Gasteiger charge is -2.34. The number of quaternary nitrogens is 1. The van der Waals surface area contributed by atoms with Gasteiger partial charge in [0.15, 0.2) is 5.82 Å². The molecule has 47 heavy (non-hydrogen) atoms. The number of hydrogen-bond acceptors (Lipinski definition) is 3. The molecule has 0 radical (unpaired) electrons. The average Bonchev–Trinajstić information content (AvgIpc) is 3.51. The fourth-order valence-electron chi connectivity index (χ4n) is 8.65. The van der Waals surface area contributed by atoms with Crippen molar-refractivity contribution in [2.24, 2.45) is 0 Å². The monoisotopic (exact) mass is 646 g/mol. The Morgan fingerprint density at radius 1 is 0.447 bits per heavy atom. The van der Waals surface area contributed by atoms with Crippen LogP contribution in [0.1, 0.15) is 66.8 Å². The second kappa shape index (κ2) is 12.9. The molecule has 1 unspecified atom stereocenters. The van der Waals surface area contributed by atoms with E-state index in [9.17, 15) is 0 Å². The first-order valence-corrected chi connectivity index (χ1v) is 16.7. The molecule has 1 saturated heterocycles. The van der Waals surface area contributed by atoms with Gasteiger partial charge in [0.2, 0.25) is 0 Å². The number of aryl methyl sites for hydroxylation is 12. The molecule has 4 aromatic rings. The second-order valence-electron chi connectivity index (χ2n) is 14.1. The van der Waals surface area contributed by atoms with E-state index in [1.807, 2.05) is 0 Å². The molecule has 2 aliphatic rings. The van der Waals surface area contributed by atoms with Crippen molar-refractivity contribution in [3.63, 3.8) is 0 Å². The maximum absolute atomic E-state index is 2.62. The van der Waals surface area contributed by atoms with Gasteiger partial charge in [0.25, 0.3) is 5.82 Å². The first-order chi connectivity index (χ1) is 21.8. The zero-order valence-corrected chi connectivity index (χ0v) is 31.2. The van der Waals surface area contributed by atoms with Crippen LogP contribution in [0.5, 0.6) is 0 Å². The maximum Gasteiger partial charge on any atom is 0.263 e.